The Morgan fingerprint density at radius 1 is 0.833 bits per heavy atom. The van der Waals surface area contributed by atoms with Crippen LogP contribution in [0, 0.1) is 0 Å². The van der Waals surface area contributed by atoms with Gasteiger partial charge < -0.3 is 24.4 Å². The standard InChI is InChI=1S/C29H34N2O5/c1-5-17-30-29(33)28(23-9-7-6-8-10-23)31(20-21-11-14-24(34-2)15-12-21)27(32)19-22-13-16-25(35-3)26(18-22)36-4/h6-16,18,28H,5,17,19-20H2,1-4H3,(H,30,33)/t28-/m1/s1. The number of amides is 2. The second-order valence-electron chi connectivity index (χ2n) is 8.34. The third-order valence-electron chi connectivity index (χ3n) is 5.86. The number of rotatable bonds is 12. The Balaban J connectivity index is 1.99. The summed E-state index contributed by atoms with van der Waals surface area (Å²) in [4.78, 5) is 28.9. The van der Waals surface area contributed by atoms with Crippen molar-refractivity contribution in [3.8, 4) is 17.2 Å². The molecular weight excluding hydrogens is 456 g/mol. The molecular formula is C29H34N2O5. The topological polar surface area (TPSA) is 77.1 Å². The summed E-state index contributed by atoms with van der Waals surface area (Å²) in [6.45, 7) is 2.78. The molecule has 0 saturated heterocycles. The molecule has 3 aromatic rings. The predicted octanol–water partition coefficient (Wildman–Crippen LogP) is 4.55. The normalized spacial score (nSPS) is 11.3. The molecule has 3 aromatic carbocycles. The number of methoxy groups -OCH3 is 3. The second-order valence-corrected chi connectivity index (χ2v) is 8.34. The van der Waals surface area contributed by atoms with Gasteiger partial charge in [-0.25, -0.2) is 0 Å². The Morgan fingerprint density at radius 3 is 2.11 bits per heavy atom. The summed E-state index contributed by atoms with van der Waals surface area (Å²) in [5.74, 6) is 1.47. The number of carbonyl (C=O) groups is 2. The SMILES string of the molecule is CCCNC(=O)[C@@H](c1ccccc1)N(Cc1ccc(OC)cc1)C(=O)Cc1ccc(OC)c(OC)c1. The van der Waals surface area contributed by atoms with Crippen LogP contribution in [0.4, 0.5) is 0 Å². The van der Waals surface area contributed by atoms with Gasteiger partial charge in [0.15, 0.2) is 11.5 Å². The van der Waals surface area contributed by atoms with Crippen molar-refractivity contribution in [1.82, 2.24) is 10.2 Å². The van der Waals surface area contributed by atoms with Gasteiger partial charge in [-0.05, 0) is 47.4 Å². The highest BCUT2D eigenvalue weighted by Crippen LogP contribution is 2.29. The summed E-state index contributed by atoms with van der Waals surface area (Å²) in [5, 5.41) is 2.98. The first-order valence-electron chi connectivity index (χ1n) is 12.0. The minimum atomic E-state index is -0.785. The number of benzene rings is 3. The third-order valence-corrected chi connectivity index (χ3v) is 5.86. The van der Waals surface area contributed by atoms with Crippen LogP contribution in [0.25, 0.3) is 0 Å². The molecule has 0 aliphatic rings. The highest BCUT2D eigenvalue weighted by Gasteiger charge is 2.31. The van der Waals surface area contributed by atoms with E-state index in [-0.39, 0.29) is 24.8 Å². The first-order valence-corrected chi connectivity index (χ1v) is 12.0. The van der Waals surface area contributed by atoms with Crippen LogP contribution in [-0.4, -0.2) is 44.6 Å². The molecule has 0 spiro atoms. The van der Waals surface area contributed by atoms with Crippen LogP contribution in [-0.2, 0) is 22.6 Å². The molecule has 0 fully saturated rings. The molecule has 0 saturated carbocycles. The lowest BCUT2D eigenvalue weighted by atomic mass is 10.0. The molecule has 7 heteroatoms. The van der Waals surface area contributed by atoms with Gasteiger partial charge in [0.2, 0.25) is 11.8 Å². The van der Waals surface area contributed by atoms with E-state index in [9.17, 15) is 9.59 Å². The van der Waals surface area contributed by atoms with Crippen molar-refractivity contribution in [3.05, 3.63) is 89.5 Å². The van der Waals surface area contributed by atoms with Gasteiger partial charge in [-0.1, -0.05) is 55.5 Å². The Kier molecular flexibility index (Phi) is 9.74. The zero-order valence-corrected chi connectivity index (χ0v) is 21.3. The Morgan fingerprint density at radius 2 is 1.50 bits per heavy atom. The first kappa shape index (κ1) is 26.6. The van der Waals surface area contributed by atoms with Gasteiger partial charge >= 0.3 is 0 Å². The third kappa shape index (κ3) is 6.78. The maximum absolute atomic E-state index is 13.8. The van der Waals surface area contributed by atoms with E-state index in [1.54, 1.807) is 38.4 Å². The monoisotopic (exact) mass is 490 g/mol. The molecule has 3 rings (SSSR count). The molecule has 36 heavy (non-hydrogen) atoms. The smallest absolute Gasteiger partial charge is 0.247 e. The average molecular weight is 491 g/mol. The fourth-order valence-electron chi connectivity index (χ4n) is 3.97. The number of hydrogen-bond acceptors (Lipinski definition) is 5. The van der Waals surface area contributed by atoms with Gasteiger partial charge in [0.05, 0.1) is 27.8 Å². The van der Waals surface area contributed by atoms with Gasteiger partial charge in [0.25, 0.3) is 0 Å². The predicted molar refractivity (Wildman–Crippen MR) is 139 cm³/mol. The number of nitrogens with one attached hydrogen (secondary N) is 1. The van der Waals surface area contributed by atoms with E-state index in [2.05, 4.69) is 5.32 Å². The van der Waals surface area contributed by atoms with Crippen LogP contribution in [0.2, 0.25) is 0 Å². The van der Waals surface area contributed by atoms with Crippen molar-refractivity contribution in [2.45, 2.75) is 32.4 Å². The van der Waals surface area contributed by atoms with Gasteiger partial charge in [0.1, 0.15) is 11.8 Å². The zero-order valence-electron chi connectivity index (χ0n) is 21.3. The Bertz CT molecular complexity index is 1130. The lowest BCUT2D eigenvalue weighted by Crippen LogP contribution is -2.44. The van der Waals surface area contributed by atoms with Crippen LogP contribution in [0.15, 0.2) is 72.8 Å². The molecule has 0 aliphatic carbocycles. The van der Waals surface area contributed by atoms with Crippen molar-refractivity contribution in [2.75, 3.05) is 27.9 Å². The van der Waals surface area contributed by atoms with Crippen molar-refractivity contribution in [2.24, 2.45) is 0 Å². The molecule has 190 valence electrons. The highest BCUT2D eigenvalue weighted by molar-refractivity contribution is 5.89. The van der Waals surface area contributed by atoms with Gasteiger partial charge in [0, 0.05) is 13.1 Å². The summed E-state index contributed by atoms with van der Waals surface area (Å²) < 4.78 is 16.0. The van der Waals surface area contributed by atoms with Gasteiger partial charge in [-0.2, -0.15) is 0 Å². The van der Waals surface area contributed by atoms with E-state index in [1.807, 2.05) is 67.6 Å². The number of nitrogens with zero attached hydrogens (tertiary/aromatic N) is 1. The molecule has 0 heterocycles. The van der Waals surface area contributed by atoms with E-state index < -0.39 is 6.04 Å². The molecule has 1 N–H and O–H groups in total. The molecule has 0 radical (unpaired) electrons. The van der Waals surface area contributed by atoms with E-state index in [0.29, 0.717) is 18.0 Å². The van der Waals surface area contributed by atoms with Gasteiger partial charge in [-0.3, -0.25) is 9.59 Å². The second kappa shape index (κ2) is 13.2. The lowest BCUT2D eigenvalue weighted by Gasteiger charge is -2.32. The van der Waals surface area contributed by atoms with Crippen LogP contribution in [0.3, 0.4) is 0 Å². The Hall–Kier alpha value is -4.00. The van der Waals surface area contributed by atoms with E-state index in [4.69, 9.17) is 14.2 Å². The summed E-state index contributed by atoms with van der Waals surface area (Å²) in [6.07, 6.45) is 0.895. The quantitative estimate of drug-likeness (QED) is 0.403. The van der Waals surface area contributed by atoms with E-state index in [0.717, 1.165) is 28.9 Å². The Labute approximate surface area is 213 Å². The lowest BCUT2D eigenvalue weighted by molar-refractivity contribution is -0.141. The molecule has 0 aromatic heterocycles. The first-order chi connectivity index (χ1) is 17.5. The zero-order chi connectivity index (χ0) is 25.9. The van der Waals surface area contributed by atoms with E-state index >= 15 is 0 Å². The van der Waals surface area contributed by atoms with Gasteiger partial charge in [-0.15, -0.1) is 0 Å². The summed E-state index contributed by atoms with van der Waals surface area (Å²) in [6, 6.07) is 21.5. The maximum Gasteiger partial charge on any atom is 0.247 e. The number of hydrogen-bond donors (Lipinski definition) is 1. The average Bonchev–Trinajstić information content (AvgIpc) is 2.92. The number of carbonyl (C=O) groups excluding carboxylic acids is 2. The van der Waals surface area contributed by atoms with E-state index in [1.165, 1.54) is 0 Å². The fraction of sp³-hybridized carbons (Fsp3) is 0.310. The summed E-state index contributed by atoms with van der Waals surface area (Å²) in [5.41, 5.74) is 2.40. The minimum Gasteiger partial charge on any atom is -0.497 e. The summed E-state index contributed by atoms with van der Waals surface area (Å²) >= 11 is 0. The van der Waals surface area contributed by atoms with Crippen LogP contribution < -0.4 is 19.5 Å². The minimum absolute atomic E-state index is 0.0981. The largest absolute Gasteiger partial charge is 0.497 e. The highest BCUT2D eigenvalue weighted by atomic mass is 16.5. The molecule has 1 atom stereocenters. The molecule has 0 aliphatic heterocycles. The van der Waals surface area contributed by atoms with Crippen LogP contribution in [0.1, 0.15) is 36.1 Å². The molecule has 7 nitrogen and oxygen atoms in total. The fourth-order valence-corrected chi connectivity index (χ4v) is 3.97. The summed E-state index contributed by atoms with van der Waals surface area (Å²) in [7, 11) is 4.74. The molecule has 0 bridgehead atoms. The van der Waals surface area contributed by atoms with Crippen molar-refractivity contribution in [3.63, 3.8) is 0 Å². The van der Waals surface area contributed by atoms with Crippen molar-refractivity contribution >= 4 is 11.8 Å². The van der Waals surface area contributed by atoms with Crippen LogP contribution >= 0.6 is 0 Å². The molecule has 0 unspecified atom stereocenters. The number of ether oxygens (including phenoxy) is 3. The van der Waals surface area contributed by atoms with Crippen LogP contribution in [0.5, 0.6) is 17.2 Å². The molecule has 2 amide bonds. The van der Waals surface area contributed by atoms with Crippen molar-refractivity contribution in [1.29, 1.82) is 0 Å². The van der Waals surface area contributed by atoms with Crippen molar-refractivity contribution < 1.29 is 23.8 Å². The maximum atomic E-state index is 13.8.